The Kier molecular flexibility index (Phi) is 5.20. The van der Waals surface area contributed by atoms with Crippen molar-refractivity contribution in [3.8, 4) is 0 Å². The number of rotatable bonds is 3. The third kappa shape index (κ3) is 3.71. The number of hydrogen-bond donors (Lipinski definition) is 0. The van der Waals surface area contributed by atoms with Crippen LogP contribution >= 0.6 is 0 Å². The molecule has 1 heterocycles. The lowest BCUT2D eigenvalue weighted by molar-refractivity contribution is -0.163. The molecule has 0 amide bonds. The van der Waals surface area contributed by atoms with E-state index in [-0.39, 0.29) is 12.1 Å². The molecule has 0 unspecified atom stereocenters. The molecule has 0 N–H and O–H groups in total. The lowest BCUT2D eigenvalue weighted by atomic mass is 9.90. The van der Waals surface area contributed by atoms with E-state index in [1.165, 1.54) is 0 Å². The van der Waals surface area contributed by atoms with E-state index >= 15 is 0 Å². The molecule has 1 saturated heterocycles. The molecule has 0 radical (unpaired) electrons. The van der Waals surface area contributed by atoms with E-state index in [9.17, 15) is 4.79 Å². The lowest BCUT2D eigenvalue weighted by Gasteiger charge is -2.42. The predicted molar refractivity (Wildman–Crippen MR) is 74.5 cm³/mol. The van der Waals surface area contributed by atoms with Gasteiger partial charge in [0, 0.05) is 12.1 Å². The maximum Gasteiger partial charge on any atom is 0.311 e. The first-order valence-electron chi connectivity index (χ1n) is 7.22. The third-order valence-electron chi connectivity index (χ3n) is 4.05. The van der Waals surface area contributed by atoms with Crippen LogP contribution in [0.5, 0.6) is 0 Å². The Morgan fingerprint density at radius 3 is 1.94 bits per heavy atom. The van der Waals surface area contributed by atoms with Gasteiger partial charge < -0.3 is 9.64 Å². The molecule has 1 aliphatic heterocycles. The van der Waals surface area contributed by atoms with Crippen LogP contribution in [0.25, 0.3) is 0 Å². The molecule has 0 spiro atoms. The molecule has 0 aromatic heterocycles. The van der Waals surface area contributed by atoms with Crippen LogP contribution in [0.1, 0.15) is 60.3 Å². The molecular weight excluding hydrogens is 226 g/mol. The minimum Gasteiger partial charge on any atom is -0.462 e. The van der Waals surface area contributed by atoms with Crippen molar-refractivity contribution in [2.75, 3.05) is 7.05 Å². The number of esters is 1. The molecule has 1 fully saturated rings. The fourth-order valence-corrected chi connectivity index (χ4v) is 2.67. The van der Waals surface area contributed by atoms with Crippen LogP contribution in [-0.2, 0) is 9.53 Å². The summed E-state index contributed by atoms with van der Waals surface area (Å²) in [5.41, 5.74) is -0.396. The van der Waals surface area contributed by atoms with Gasteiger partial charge in [-0.2, -0.15) is 0 Å². The second-order valence-electron chi connectivity index (χ2n) is 6.54. The minimum absolute atomic E-state index is 0.0678. The standard InChI is InChI=1S/C15H29NO2/c1-7-11-9-13(10-12(8-2)16(11)6)18-14(17)15(3,4)5/h11-13H,7-10H2,1-6H3/t11-,12+,13+. The predicted octanol–water partition coefficient (Wildman–Crippen LogP) is 3.23. The van der Waals surface area contributed by atoms with Crippen molar-refractivity contribution >= 4 is 5.97 Å². The number of likely N-dealkylation sites (tertiary alicyclic amines) is 1. The SMILES string of the molecule is CC[C@@H]1C[C@H](OC(=O)C(C)(C)C)C[C@H](CC)N1C. The monoisotopic (exact) mass is 255 g/mol. The summed E-state index contributed by atoms with van der Waals surface area (Å²) in [6, 6.07) is 1.09. The van der Waals surface area contributed by atoms with E-state index < -0.39 is 5.41 Å². The number of carbonyl (C=O) groups excluding carboxylic acids is 1. The van der Waals surface area contributed by atoms with Crippen LogP contribution in [-0.4, -0.2) is 36.1 Å². The summed E-state index contributed by atoms with van der Waals surface area (Å²) in [6.07, 6.45) is 4.30. The molecule has 1 rings (SSSR count). The smallest absolute Gasteiger partial charge is 0.311 e. The third-order valence-corrected chi connectivity index (χ3v) is 4.05. The highest BCUT2D eigenvalue weighted by Crippen LogP contribution is 2.29. The Balaban J connectivity index is 2.65. The number of hydrogen-bond acceptors (Lipinski definition) is 3. The lowest BCUT2D eigenvalue weighted by Crippen LogP contribution is -2.49. The largest absolute Gasteiger partial charge is 0.462 e. The Hall–Kier alpha value is -0.570. The molecule has 1 aliphatic rings. The summed E-state index contributed by atoms with van der Waals surface area (Å²) >= 11 is 0. The van der Waals surface area contributed by atoms with Crippen molar-refractivity contribution in [1.82, 2.24) is 4.90 Å². The summed E-state index contributed by atoms with van der Waals surface area (Å²) < 4.78 is 5.70. The van der Waals surface area contributed by atoms with Crippen LogP contribution in [0.4, 0.5) is 0 Å². The normalized spacial score (nSPS) is 30.2. The molecule has 0 aliphatic carbocycles. The summed E-state index contributed by atoms with van der Waals surface area (Å²) in [6.45, 7) is 10.2. The van der Waals surface area contributed by atoms with Crippen molar-refractivity contribution in [2.24, 2.45) is 5.41 Å². The minimum atomic E-state index is -0.396. The Morgan fingerprint density at radius 1 is 1.17 bits per heavy atom. The van der Waals surface area contributed by atoms with Gasteiger partial charge in [-0.25, -0.2) is 0 Å². The zero-order chi connectivity index (χ0) is 13.9. The molecule has 0 bridgehead atoms. The second-order valence-corrected chi connectivity index (χ2v) is 6.54. The molecule has 0 aromatic rings. The van der Waals surface area contributed by atoms with E-state index in [0.717, 1.165) is 25.7 Å². The Morgan fingerprint density at radius 2 is 1.61 bits per heavy atom. The highest BCUT2D eigenvalue weighted by molar-refractivity contribution is 5.75. The van der Waals surface area contributed by atoms with Gasteiger partial charge in [-0.3, -0.25) is 4.79 Å². The summed E-state index contributed by atoms with van der Waals surface area (Å²) in [4.78, 5) is 14.4. The number of piperidine rings is 1. The average molecular weight is 255 g/mol. The van der Waals surface area contributed by atoms with Crippen LogP contribution in [0.3, 0.4) is 0 Å². The van der Waals surface area contributed by atoms with Gasteiger partial charge in [0.1, 0.15) is 6.10 Å². The van der Waals surface area contributed by atoms with Gasteiger partial charge in [-0.15, -0.1) is 0 Å². The van der Waals surface area contributed by atoms with Crippen LogP contribution in [0.2, 0.25) is 0 Å². The van der Waals surface area contributed by atoms with Crippen molar-refractivity contribution in [3.05, 3.63) is 0 Å². The first-order valence-corrected chi connectivity index (χ1v) is 7.22. The van der Waals surface area contributed by atoms with Crippen molar-refractivity contribution in [3.63, 3.8) is 0 Å². The van der Waals surface area contributed by atoms with Crippen LogP contribution < -0.4 is 0 Å². The fraction of sp³-hybridized carbons (Fsp3) is 0.933. The van der Waals surface area contributed by atoms with E-state index in [0.29, 0.717) is 12.1 Å². The topological polar surface area (TPSA) is 29.5 Å². The van der Waals surface area contributed by atoms with Gasteiger partial charge in [-0.1, -0.05) is 13.8 Å². The molecule has 3 nitrogen and oxygen atoms in total. The molecular formula is C15H29NO2. The zero-order valence-corrected chi connectivity index (χ0v) is 12.8. The summed E-state index contributed by atoms with van der Waals surface area (Å²) in [5, 5.41) is 0. The van der Waals surface area contributed by atoms with Gasteiger partial charge in [0.2, 0.25) is 0 Å². The molecule has 0 aromatic carbocycles. The van der Waals surface area contributed by atoms with Crippen molar-refractivity contribution in [1.29, 1.82) is 0 Å². The average Bonchev–Trinajstić information content (AvgIpc) is 2.29. The zero-order valence-electron chi connectivity index (χ0n) is 12.8. The van der Waals surface area contributed by atoms with Gasteiger partial charge in [0.25, 0.3) is 0 Å². The highest BCUT2D eigenvalue weighted by atomic mass is 16.5. The van der Waals surface area contributed by atoms with Gasteiger partial charge >= 0.3 is 5.97 Å². The Labute approximate surface area is 112 Å². The van der Waals surface area contributed by atoms with Crippen LogP contribution in [0, 0.1) is 5.41 Å². The first kappa shape index (κ1) is 15.5. The molecule has 106 valence electrons. The quantitative estimate of drug-likeness (QED) is 0.725. The number of carbonyl (C=O) groups is 1. The molecule has 0 saturated carbocycles. The Bertz CT molecular complexity index is 269. The molecule has 3 atom stereocenters. The summed E-state index contributed by atoms with van der Waals surface area (Å²) in [7, 11) is 2.20. The maximum absolute atomic E-state index is 12.0. The van der Waals surface area contributed by atoms with Gasteiger partial charge in [0.05, 0.1) is 5.41 Å². The number of nitrogens with zero attached hydrogens (tertiary/aromatic N) is 1. The van der Waals surface area contributed by atoms with Gasteiger partial charge in [-0.05, 0) is 53.5 Å². The van der Waals surface area contributed by atoms with E-state index in [4.69, 9.17) is 4.74 Å². The highest BCUT2D eigenvalue weighted by Gasteiger charge is 2.35. The van der Waals surface area contributed by atoms with Crippen molar-refractivity contribution < 1.29 is 9.53 Å². The van der Waals surface area contributed by atoms with Crippen LogP contribution in [0.15, 0.2) is 0 Å². The maximum atomic E-state index is 12.0. The summed E-state index contributed by atoms with van der Waals surface area (Å²) in [5.74, 6) is -0.0678. The first-order chi connectivity index (χ1) is 8.29. The van der Waals surface area contributed by atoms with E-state index in [1.54, 1.807) is 0 Å². The van der Waals surface area contributed by atoms with E-state index in [1.807, 2.05) is 20.8 Å². The fourth-order valence-electron chi connectivity index (χ4n) is 2.67. The van der Waals surface area contributed by atoms with E-state index in [2.05, 4.69) is 25.8 Å². The second kappa shape index (κ2) is 6.05. The van der Waals surface area contributed by atoms with Gasteiger partial charge in [0.15, 0.2) is 0 Å². The molecule has 18 heavy (non-hydrogen) atoms. The number of ether oxygens (including phenoxy) is 1. The van der Waals surface area contributed by atoms with Crippen molar-refractivity contribution in [2.45, 2.75) is 78.5 Å². The molecule has 3 heteroatoms.